The van der Waals surface area contributed by atoms with E-state index in [1.807, 2.05) is 60.8 Å². The molecule has 3 heterocycles. The zero-order chi connectivity index (χ0) is 23.2. The van der Waals surface area contributed by atoms with Crippen molar-refractivity contribution in [3.8, 4) is 17.0 Å². The molecule has 6 heteroatoms. The predicted molar refractivity (Wildman–Crippen MR) is 136 cm³/mol. The van der Waals surface area contributed by atoms with Gasteiger partial charge in [0.2, 0.25) is 0 Å². The van der Waals surface area contributed by atoms with Crippen LogP contribution in [0.4, 0.5) is 0 Å². The summed E-state index contributed by atoms with van der Waals surface area (Å²) in [6, 6.07) is 24.2. The Labute approximate surface area is 199 Å². The predicted octanol–water partition coefficient (Wildman–Crippen LogP) is 5.40. The highest BCUT2D eigenvalue weighted by Gasteiger charge is 2.21. The Morgan fingerprint density at radius 1 is 0.824 bits per heavy atom. The molecule has 0 bridgehead atoms. The monoisotopic (exact) mass is 449 g/mol. The first-order chi connectivity index (χ1) is 16.8. The number of rotatable bonds is 3. The SMILES string of the molecule is COc1ccccc1-c1nc(C2CCNCC2)nc2ccccc12.c1ccc2ncncc2c1. The fraction of sp³-hybridized carbons (Fsp3) is 0.214. The van der Waals surface area contributed by atoms with Crippen molar-refractivity contribution < 1.29 is 4.74 Å². The largest absolute Gasteiger partial charge is 0.496 e. The van der Waals surface area contributed by atoms with E-state index < -0.39 is 0 Å². The number of nitrogens with one attached hydrogen (secondary N) is 1. The van der Waals surface area contributed by atoms with E-state index in [-0.39, 0.29) is 0 Å². The molecule has 6 rings (SSSR count). The van der Waals surface area contributed by atoms with Crippen LogP contribution in [0.5, 0.6) is 5.75 Å². The van der Waals surface area contributed by atoms with E-state index in [0.29, 0.717) is 5.92 Å². The Bertz CT molecular complexity index is 1330. The third-order valence-electron chi connectivity index (χ3n) is 6.10. The molecular formula is C28H27N5O. The minimum Gasteiger partial charge on any atom is -0.496 e. The van der Waals surface area contributed by atoms with E-state index in [1.54, 1.807) is 13.4 Å². The van der Waals surface area contributed by atoms with Crippen LogP contribution < -0.4 is 10.1 Å². The van der Waals surface area contributed by atoms with Gasteiger partial charge in [0.05, 0.1) is 23.8 Å². The summed E-state index contributed by atoms with van der Waals surface area (Å²) in [5.74, 6) is 2.22. The maximum atomic E-state index is 5.56. The standard InChI is InChI=1S/C20H21N3O.C8H6N2/c1-24-18-9-5-3-7-16(18)19-15-6-2-4-8-17(15)22-20(23-19)14-10-12-21-13-11-14;1-2-4-8-7(3-1)5-9-6-10-8/h2-9,14,21H,10-13H2,1H3;1-6H. The maximum absolute atomic E-state index is 5.56. The summed E-state index contributed by atoms with van der Waals surface area (Å²) >= 11 is 0. The van der Waals surface area contributed by atoms with Gasteiger partial charge in [-0.05, 0) is 50.2 Å². The third-order valence-corrected chi connectivity index (χ3v) is 6.10. The summed E-state index contributed by atoms with van der Waals surface area (Å²) in [5, 5.41) is 5.57. The molecule has 0 radical (unpaired) electrons. The van der Waals surface area contributed by atoms with E-state index in [1.165, 1.54) is 0 Å². The zero-order valence-corrected chi connectivity index (χ0v) is 19.2. The van der Waals surface area contributed by atoms with E-state index >= 15 is 0 Å². The number of ether oxygens (including phenoxy) is 1. The number of piperidine rings is 1. The van der Waals surface area contributed by atoms with Gasteiger partial charge < -0.3 is 10.1 Å². The lowest BCUT2D eigenvalue weighted by Crippen LogP contribution is -2.27. The first kappa shape index (κ1) is 21.9. The van der Waals surface area contributed by atoms with Crippen LogP contribution >= 0.6 is 0 Å². The third kappa shape index (κ3) is 4.72. The van der Waals surface area contributed by atoms with Crippen LogP contribution in [0.1, 0.15) is 24.6 Å². The van der Waals surface area contributed by atoms with Gasteiger partial charge in [0.1, 0.15) is 17.9 Å². The molecule has 0 amide bonds. The van der Waals surface area contributed by atoms with E-state index in [2.05, 4.69) is 33.5 Å². The number of fused-ring (bicyclic) bond motifs is 2. The summed E-state index contributed by atoms with van der Waals surface area (Å²) in [4.78, 5) is 17.8. The quantitative estimate of drug-likeness (QED) is 0.397. The van der Waals surface area contributed by atoms with Crippen LogP contribution in [0.15, 0.2) is 85.3 Å². The minimum atomic E-state index is 0.421. The number of aromatic nitrogens is 4. The van der Waals surface area contributed by atoms with Crippen LogP contribution in [-0.2, 0) is 0 Å². The highest BCUT2D eigenvalue weighted by atomic mass is 16.5. The van der Waals surface area contributed by atoms with Crippen molar-refractivity contribution in [1.82, 2.24) is 25.3 Å². The Morgan fingerprint density at radius 3 is 2.38 bits per heavy atom. The Hall–Kier alpha value is -3.90. The second-order valence-electron chi connectivity index (χ2n) is 8.25. The molecule has 0 unspecified atom stereocenters. The smallest absolute Gasteiger partial charge is 0.132 e. The van der Waals surface area contributed by atoms with Crippen molar-refractivity contribution in [2.24, 2.45) is 0 Å². The number of methoxy groups -OCH3 is 1. The fourth-order valence-electron chi connectivity index (χ4n) is 4.33. The fourth-order valence-corrected chi connectivity index (χ4v) is 4.33. The number of nitrogens with zero attached hydrogens (tertiary/aromatic N) is 4. The van der Waals surface area contributed by atoms with Crippen LogP contribution in [0, 0.1) is 0 Å². The van der Waals surface area contributed by atoms with Gasteiger partial charge in [-0.3, -0.25) is 0 Å². The summed E-state index contributed by atoms with van der Waals surface area (Å²) in [7, 11) is 1.70. The van der Waals surface area contributed by atoms with Gasteiger partial charge in [-0.15, -0.1) is 0 Å². The average Bonchev–Trinajstić information content (AvgIpc) is 2.93. The molecule has 1 aliphatic rings. The summed E-state index contributed by atoms with van der Waals surface area (Å²) < 4.78 is 5.56. The minimum absolute atomic E-state index is 0.421. The van der Waals surface area contributed by atoms with Crippen molar-refractivity contribution in [2.75, 3.05) is 20.2 Å². The molecule has 5 aromatic rings. The molecule has 0 atom stereocenters. The van der Waals surface area contributed by atoms with E-state index in [4.69, 9.17) is 14.7 Å². The normalized spacial score (nSPS) is 13.9. The molecule has 0 aliphatic carbocycles. The number of para-hydroxylation sites is 3. The molecule has 0 saturated carbocycles. The lowest BCUT2D eigenvalue weighted by atomic mass is 9.96. The Kier molecular flexibility index (Phi) is 6.68. The number of hydrogen-bond acceptors (Lipinski definition) is 6. The number of hydrogen-bond donors (Lipinski definition) is 1. The van der Waals surface area contributed by atoms with Gasteiger partial charge in [-0.25, -0.2) is 19.9 Å². The highest BCUT2D eigenvalue weighted by Crippen LogP contribution is 2.34. The van der Waals surface area contributed by atoms with Crippen LogP contribution in [-0.4, -0.2) is 40.1 Å². The zero-order valence-electron chi connectivity index (χ0n) is 19.2. The van der Waals surface area contributed by atoms with Crippen molar-refractivity contribution in [3.63, 3.8) is 0 Å². The topological polar surface area (TPSA) is 72.8 Å². The van der Waals surface area contributed by atoms with Gasteiger partial charge in [-0.1, -0.05) is 48.5 Å². The molecular weight excluding hydrogens is 422 g/mol. The molecule has 3 aromatic carbocycles. The highest BCUT2D eigenvalue weighted by molar-refractivity contribution is 5.93. The van der Waals surface area contributed by atoms with Gasteiger partial charge >= 0.3 is 0 Å². The van der Waals surface area contributed by atoms with E-state index in [9.17, 15) is 0 Å². The molecule has 1 N–H and O–H groups in total. The average molecular weight is 450 g/mol. The molecule has 34 heavy (non-hydrogen) atoms. The van der Waals surface area contributed by atoms with Gasteiger partial charge in [0.25, 0.3) is 0 Å². The Balaban J connectivity index is 0.000000200. The molecule has 1 fully saturated rings. The molecule has 1 saturated heterocycles. The van der Waals surface area contributed by atoms with Crippen molar-refractivity contribution in [1.29, 1.82) is 0 Å². The molecule has 170 valence electrons. The molecule has 0 spiro atoms. The van der Waals surface area contributed by atoms with Crippen LogP contribution in [0.3, 0.4) is 0 Å². The van der Waals surface area contributed by atoms with Gasteiger partial charge in [-0.2, -0.15) is 0 Å². The molecule has 6 nitrogen and oxygen atoms in total. The first-order valence-electron chi connectivity index (χ1n) is 11.6. The van der Waals surface area contributed by atoms with Crippen molar-refractivity contribution in [2.45, 2.75) is 18.8 Å². The van der Waals surface area contributed by atoms with Crippen LogP contribution in [0.25, 0.3) is 33.1 Å². The number of benzene rings is 3. The molecule has 2 aromatic heterocycles. The van der Waals surface area contributed by atoms with Gasteiger partial charge in [0.15, 0.2) is 0 Å². The summed E-state index contributed by atoms with van der Waals surface area (Å²) in [6.45, 7) is 2.07. The second kappa shape index (κ2) is 10.4. The second-order valence-corrected chi connectivity index (χ2v) is 8.25. The van der Waals surface area contributed by atoms with Crippen molar-refractivity contribution in [3.05, 3.63) is 91.1 Å². The maximum Gasteiger partial charge on any atom is 0.132 e. The summed E-state index contributed by atoms with van der Waals surface area (Å²) in [6.07, 6.45) is 5.54. The molecule has 1 aliphatic heterocycles. The van der Waals surface area contributed by atoms with Crippen LogP contribution in [0.2, 0.25) is 0 Å². The lowest BCUT2D eigenvalue weighted by Gasteiger charge is -2.22. The summed E-state index contributed by atoms with van der Waals surface area (Å²) in [5.41, 5.74) is 3.99. The lowest BCUT2D eigenvalue weighted by molar-refractivity contribution is 0.416. The first-order valence-corrected chi connectivity index (χ1v) is 11.6. The Morgan fingerprint density at radius 2 is 1.56 bits per heavy atom. The van der Waals surface area contributed by atoms with Gasteiger partial charge in [0, 0.05) is 28.5 Å². The van der Waals surface area contributed by atoms with Crippen molar-refractivity contribution >= 4 is 21.8 Å². The van der Waals surface area contributed by atoms with E-state index in [0.717, 1.165) is 70.6 Å².